The van der Waals surface area contributed by atoms with Crippen LogP contribution in [0.2, 0.25) is 0 Å². The predicted molar refractivity (Wildman–Crippen MR) is 122 cm³/mol. The molecule has 2 N–H and O–H groups in total. The molecule has 7 heteroatoms. The van der Waals surface area contributed by atoms with E-state index in [2.05, 4.69) is 20.6 Å². The van der Waals surface area contributed by atoms with E-state index in [1.165, 1.54) is 12.1 Å². The number of nitrogens with one attached hydrogen (secondary N) is 2. The van der Waals surface area contributed by atoms with E-state index >= 15 is 0 Å². The molecule has 0 radical (unpaired) electrons. The summed E-state index contributed by atoms with van der Waals surface area (Å²) in [7, 11) is 1.61. The Bertz CT molecular complexity index is 1200. The fourth-order valence-electron chi connectivity index (χ4n) is 3.17. The van der Waals surface area contributed by atoms with Crippen LogP contribution in [0.4, 0.5) is 27.5 Å². The first-order valence-corrected chi connectivity index (χ1v) is 9.26. The highest BCUT2D eigenvalue weighted by Gasteiger charge is 2.13. The lowest BCUT2D eigenvalue weighted by atomic mass is 10.1. The van der Waals surface area contributed by atoms with Crippen molar-refractivity contribution in [2.75, 3.05) is 17.7 Å². The molecule has 0 bridgehead atoms. The van der Waals surface area contributed by atoms with Crippen molar-refractivity contribution in [2.45, 2.75) is 13.8 Å². The number of aromatic nitrogens is 2. The largest absolute Gasteiger partial charge is 0.494 e. The van der Waals surface area contributed by atoms with Gasteiger partial charge in [-0.05, 0) is 61.4 Å². The molecule has 5 nitrogen and oxygen atoms in total. The SMILES string of the molecule is COc1cccc2c(Nc3ccccc3C)nc(Nc3ccc(F)cc3C)nc12.Cl. The quantitative estimate of drug-likeness (QED) is 0.393. The van der Waals surface area contributed by atoms with Crippen molar-refractivity contribution in [1.82, 2.24) is 9.97 Å². The minimum Gasteiger partial charge on any atom is -0.494 e. The third-order valence-corrected chi connectivity index (χ3v) is 4.74. The summed E-state index contributed by atoms with van der Waals surface area (Å²) in [5.41, 5.74) is 4.25. The number of para-hydroxylation sites is 2. The van der Waals surface area contributed by atoms with Gasteiger partial charge in [0.05, 0.1) is 7.11 Å². The van der Waals surface area contributed by atoms with Crippen molar-refractivity contribution in [2.24, 2.45) is 0 Å². The van der Waals surface area contributed by atoms with Gasteiger partial charge in [-0.1, -0.05) is 24.3 Å². The first-order chi connectivity index (χ1) is 14.0. The van der Waals surface area contributed by atoms with Gasteiger partial charge in [0.1, 0.15) is 22.9 Å². The molecule has 0 amide bonds. The summed E-state index contributed by atoms with van der Waals surface area (Å²) in [5.74, 6) is 1.42. The number of fused-ring (bicyclic) bond motifs is 1. The molecule has 1 heterocycles. The third-order valence-electron chi connectivity index (χ3n) is 4.74. The number of methoxy groups -OCH3 is 1. The van der Waals surface area contributed by atoms with Crippen LogP contribution in [0.15, 0.2) is 60.7 Å². The van der Waals surface area contributed by atoms with E-state index in [0.29, 0.717) is 23.0 Å². The monoisotopic (exact) mass is 424 g/mol. The highest BCUT2D eigenvalue weighted by atomic mass is 35.5. The molecular weight excluding hydrogens is 403 g/mol. The molecule has 0 unspecified atom stereocenters. The van der Waals surface area contributed by atoms with Gasteiger partial charge >= 0.3 is 0 Å². The molecule has 0 spiro atoms. The van der Waals surface area contributed by atoms with Crippen LogP contribution >= 0.6 is 12.4 Å². The van der Waals surface area contributed by atoms with Crippen molar-refractivity contribution in [1.29, 1.82) is 0 Å². The Balaban J connectivity index is 0.00000256. The number of aryl methyl sites for hydroxylation is 2. The Labute approximate surface area is 180 Å². The van der Waals surface area contributed by atoms with Crippen molar-refractivity contribution in [3.8, 4) is 5.75 Å². The number of hydrogen-bond acceptors (Lipinski definition) is 5. The average molecular weight is 425 g/mol. The molecule has 3 aromatic carbocycles. The molecule has 0 atom stereocenters. The molecule has 30 heavy (non-hydrogen) atoms. The summed E-state index contributed by atoms with van der Waals surface area (Å²) in [4.78, 5) is 9.34. The lowest BCUT2D eigenvalue weighted by Crippen LogP contribution is -2.04. The standard InChI is InChI=1S/C23H21FN4O.ClH/c1-14-7-4-5-9-18(14)25-22-17-8-6-10-20(29-3)21(17)27-23(28-22)26-19-12-11-16(24)13-15(19)2;/h4-13H,1-3H3,(H2,25,26,27,28);1H. The van der Waals surface area contributed by atoms with E-state index in [4.69, 9.17) is 4.74 Å². The van der Waals surface area contributed by atoms with E-state index in [0.717, 1.165) is 27.9 Å². The zero-order valence-corrected chi connectivity index (χ0v) is 17.7. The van der Waals surface area contributed by atoms with Gasteiger partial charge in [0.2, 0.25) is 5.95 Å². The molecule has 4 aromatic rings. The van der Waals surface area contributed by atoms with Crippen LogP contribution in [0.1, 0.15) is 11.1 Å². The van der Waals surface area contributed by atoms with Crippen molar-refractivity contribution >= 4 is 46.5 Å². The summed E-state index contributed by atoms with van der Waals surface area (Å²) < 4.78 is 19.0. The van der Waals surface area contributed by atoms with Gasteiger partial charge in [-0.15, -0.1) is 12.4 Å². The molecule has 0 aliphatic heterocycles. The van der Waals surface area contributed by atoms with Crippen LogP contribution in [0.5, 0.6) is 5.75 Å². The highest BCUT2D eigenvalue weighted by molar-refractivity contribution is 5.95. The number of benzene rings is 3. The van der Waals surface area contributed by atoms with E-state index in [1.54, 1.807) is 13.2 Å². The van der Waals surface area contributed by atoms with Gasteiger partial charge in [-0.3, -0.25) is 0 Å². The second kappa shape index (κ2) is 8.97. The maximum absolute atomic E-state index is 13.5. The first-order valence-electron chi connectivity index (χ1n) is 9.26. The normalized spacial score (nSPS) is 10.4. The van der Waals surface area contributed by atoms with Crippen LogP contribution in [0.25, 0.3) is 10.9 Å². The molecule has 0 fully saturated rings. The average Bonchev–Trinajstić information content (AvgIpc) is 2.71. The van der Waals surface area contributed by atoms with Crippen LogP contribution < -0.4 is 15.4 Å². The summed E-state index contributed by atoms with van der Waals surface area (Å²) in [6.45, 7) is 3.87. The number of halogens is 2. The first kappa shape index (κ1) is 21.3. The van der Waals surface area contributed by atoms with Gasteiger partial charge < -0.3 is 15.4 Å². The fourth-order valence-corrected chi connectivity index (χ4v) is 3.17. The predicted octanol–water partition coefficient (Wildman–Crippen LogP) is 6.30. The second-order valence-electron chi connectivity index (χ2n) is 6.78. The van der Waals surface area contributed by atoms with Gasteiger partial charge in [0.15, 0.2) is 0 Å². The van der Waals surface area contributed by atoms with E-state index in [1.807, 2.05) is 56.3 Å². The summed E-state index contributed by atoms with van der Waals surface area (Å²) in [6, 6.07) is 18.3. The Morgan fingerprint density at radius 1 is 0.833 bits per heavy atom. The van der Waals surface area contributed by atoms with Crippen LogP contribution in [-0.2, 0) is 0 Å². The molecular formula is C23H22ClFN4O. The third kappa shape index (κ3) is 4.28. The van der Waals surface area contributed by atoms with E-state index < -0.39 is 0 Å². The number of nitrogens with zero attached hydrogens (tertiary/aromatic N) is 2. The van der Waals surface area contributed by atoms with Gasteiger partial charge in [-0.25, -0.2) is 9.37 Å². The maximum atomic E-state index is 13.5. The fraction of sp³-hybridized carbons (Fsp3) is 0.130. The minimum atomic E-state index is -0.281. The van der Waals surface area contributed by atoms with Crippen molar-refractivity contribution in [3.05, 3.63) is 77.6 Å². The van der Waals surface area contributed by atoms with Crippen molar-refractivity contribution < 1.29 is 9.13 Å². The van der Waals surface area contributed by atoms with Crippen molar-refractivity contribution in [3.63, 3.8) is 0 Å². The van der Waals surface area contributed by atoms with Gasteiger partial charge in [-0.2, -0.15) is 4.98 Å². The number of rotatable bonds is 5. The zero-order valence-electron chi connectivity index (χ0n) is 16.9. The molecule has 0 saturated heterocycles. The Morgan fingerprint density at radius 2 is 1.60 bits per heavy atom. The number of anilines is 4. The van der Waals surface area contributed by atoms with E-state index in [-0.39, 0.29) is 18.2 Å². The summed E-state index contributed by atoms with van der Waals surface area (Å²) in [6.07, 6.45) is 0. The number of ether oxygens (including phenoxy) is 1. The zero-order chi connectivity index (χ0) is 20.4. The Kier molecular flexibility index (Phi) is 6.37. The summed E-state index contributed by atoms with van der Waals surface area (Å²) >= 11 is 0. The topological polar surface area (TPSA) is 59.1 Å². The molecule has 154 valence electrons. The Hall–Kier alpha value is -3.38. The van der Waals surface area contributed by atoms with Crippen LogP contribution in [0.3, 0.4) is 0 Å². The second-order valence-corrected chi connectivity index (χ2v) is 6.78. The van der Waals surface area contributed by atoms with Gasteiger partial charge in [0, 0.05) is 16.8 Å². The van der Waals surface area contributed by atoms with Crippen LogP contribution in [0, 0.1) is 19.7 Å². The molecule has 4 rings (SSSR count). The molecule has 0 saturated carbocycles. The summed E-state index contributed by atoms with van der Waals surface area (Å²) in [5, 5.41) is 7.45. The Morgan fingerprint density at radius 3 is 2.33 bits per heavy atom. The lowest BCUT2D eigenvalue weighted by Gasteiger charge is -2.15. The lowest BCUT2D eigenvalue weighted by molar-refractivity contribution is 0.419. The van der Waals surface area contributed by atoms with E-state index in [9.17, 15) is 4.39 Å². The molecule has 1 aromatic heterocycles. The molecule has 0 aliphatic carbocycles. The molecule has 0 aliphatic rings. The minimum absolute atomic E-state index is 0. The highest BCUT2D eigenvalue weighted by Crippen LogP contribution is 2.32. The van der Waals surface area contributed by atoms with Gasteiger partial charge in [0.25, 0.3) is 0 Å². The van der Waals surface area contributed by atoms with Crippen LogP contribution in [-0.4, -0.2) is 17.1 Å². The maximum Gasteiger partial charge on any atom is 0.229 e. The number of hydrogen-bond donors (Lipinski definition) is 2. The smallest absolute Gasteiger partial charge is 0.229 e.